The molecule has 2 saturated heterocycles. The second kappa shape index (κ2) is 8.97. The highest BCUT2D eigenvalue weighted by Crippen LogP contribution is 2.45. The molecule has 2 rings (SSSR count). The highest BCUT2D eigenvalue weighted by Gasteiger charge is 2.48. The minimum Gasteiger partial charge on any atom is -0.481 e. The van der Waals surface area contributed by atoms with E-state index in [0.29, 0.717) is 43.5 Å². The predicted octanol–water partition coefficient (Wildman–Crippen LogP) is 3.02. The maximum Gasteiger partial charge on any atom is 0.303 e. The van der Waals surface area contributed by atoms with Gasteiger partial charge in [-0.05, 0) is 38.0 Å². The molecule has 0 radical (unpaired) electrons. The molecule has 0 aliphatic carbocycles. The first-order chi connectivity index (χ1) is 10.7. The molecule has 0 unspecified atom stereocenters. The monoisotopic (exact) mass is 306 g/mol. The molecule has 0 saturated carbocycles. The minimum atomic E-state index is -0.723. The Kier molecular flexibility index (Phi) is 6.95. The Labute approximate surface area is 132 Å². The van der Waals surface area contributed by atoms with Crippen LogP contribution in [-0.2, 0) is 14.3 Å². The summed E-state index contributed by atoms with van der Waals surface area (Å²) in [5.74, 6) is 2.87. The smallest absolute Gasteiger partial charge is 0.303 e. The predicted molar refractivity (Wildman–Crippen MR) is 84.4 cm³/mol. The van der Waals surface area contributed by atoms with Gasteiger partial charge in [0.1, 0.15) is 0 Å². The van der Waals surface area contributed by atoms with E-state index in [4.69, 9.17) is 21.0 Å². The maximum absolute atomic E-state index is 10.5. The van der Waals surface area contributed by atoms with Crippen molar-refractivity contribution in [2.45, 2.75) is 57.2 Å². The number of hydrogen-bond acceptors (Lipinski definition) is 3. The standard InChI is InChI=1S/C18H26O4/c1-2-3-12-21-13-15-14(16-10-11-17(15)22-16)8-6-4-5-7-9-18(19)20/h1,4,6,14-17H,3,5,7-13H2,(H,19,20)/t14-,15+,16-,17+/m0/s1. The van der Waals surface area contributed by atoms with Gasteiger partial charge >= 0.3 is 5.97 Å². The number of carboxylic acid groups (broad SMARTS) is 1. The number of rotatable bonds is 10. The molecule has 4 heteroatoms. The van der Waals surface area contributed by atoms with Gasteiger partial charge < -0.3 is 14.6 Å². The summed E-state index contributed by atoms with van der Waals surface area (Å²) < 4.78 is 11.7. The van der Waals surface area contributed by atoms with Crippen molar-refractivity contribution < 1.29 is 19.4 Å². The Morgan fingerprint density at radius 2 is 2.09 bits per heavy atom. The molecule has 2 aliphatic heterocycles. The molecule has 4 nitrogen and oxygen atoms in total. The largest absolute Gasteiger partial charge is 0.481 e. The molecule has 0 aromatic carbocycles. The van der Waals surface area contributed by atoms with Crippen molar-refractivity contribution in [1.29, 1.82) is 0 Å². The first-order valence-corrected chi connectivity index (χ1v) is 8.26. The first kappa shape index (κ1) is 17.1. The van der Waals surface area contributed by atoms with Crippen molar-refractivity contribution >= 4 is 5.97 Å². The van der Waals surface area contributed by atoms with E-state index < -0.39 is 5.97 Å². The quantitative estimate of drug-likeness (QED) is 0.383. The highest BCUT2D eigenvalue weighted by atomic mass is 16.5. The molecule has 4 atom stereocenters. The molecule has 22 heavy (non-hydrogen) atoms. The van der Waals surface area contributed by atoms with Crippen molar-refractivity contribution in [2.24, 2.45) is 11.8 Å². The summed E-state index contributed by atoms with van der Waals surface area (Å²) in [6.45, 7) is 1.36. The van der Waals surface area contributed by atoms with E-state index in [-0.39, 0.29) is 6.42 Å². The molecule has 0 spiro atoms. The number of carboxylic acids is 1. The number of carbonyl (C=O) groups is 1. The van der Waals surface area contributed by atoms with Crippen LogP contribution in [0.15, 0.2) is 12.2 Å². The lowest BCUT2D eigenvalue weighted by Gasteiger charge is -2.26. The van der Waals surface area contributed by atoms with Crippen molar-refractivity contribution in [2.75, 3.05) is 13.2 Å². The SMILES string of the molecule is C#CCCOC[C@@H]1[C@H](CC=CCCCC(=O)O)[C@@H]2CC[C@H]1O2. The van der Waals surface area contributed by atoms with E-state index in [9.17, 15) is 4.79 Å². The van der Waals surface area contributed by atoms with Crippen LogP contribution < -0.4 is 0 Å². The summed E-state index contributed by atoms with van der Waals surface area (Å²) in [5, 5.41) is 8.60. The van der Waals surface area contributed by atoms with Gasteiger partial charge in [0.25, 0.3) is 0 Å². The normalized spacial score (nSPS) is 30.0. The van der Waals surface area contributed by atoms with Crippen LogP contribution in [0, 0.1) is 24.2 Å². The fourth-order valence-corrected chi connectivity index (χ4v) is 3.52. The lowest BCUT2D eigenvalue weighted by atomic mass is 9.78. The van der Waals surface area contributed by atoms with E-state index in [1.807, 2.05) is 0 Å². The number of ether oxygens (including phenoxy) is 2. The van der Waals surface area contributed by atoms with Crippen LogP contribution in [0.4, 0.5) is 0 Å². The third-order valence-electron chi connectivity index (χ3n) is 4.63. The number of fused-ring (bicyclic) bond motifs is 2. The van der Waals surface area contributed by atoms with Crippen molar-refractivity contribution in [3.05, 3.63) is 12.2 Å². The van der Waals surface area contributed by atoms with Gasteiger partial charge in [-0.1, -0.05) is 12.2 Å². The van der Waals surface area contributed by atoms with Gasteiger partial charge in [0.15, 0.2) is 0 Å². The molecule has 122 valence electrons. The van der Waals surface area contributed by atoms with Gasteiger partial charge in [0.2, 0.25) is 0 Å². The topological polar surface area (TPSA) is 55.8 Å². The summed E-state index contributed by atoms with van der Waals surface area (Å²) >= 11 is 0. The Morgan fingerprint density at radius 1 is 1.32 bits per heavy atom. The lowest BCUT2D eigenvalue weighted by molar-refractivity contribution is -0.137. The van der Waals surface area contributed by atoms with Gasteiger partial charge in [-0.3, -0.25) is 4.79 Å². The molecular weight excluding hydrogens is 280 g/mol. The number of allylic oxidation sites excluding steroid dienone is 2. The van der Waals surface area contributed by atoms with Gasteiger partial charge in [-0.2, -0.15) is 0 Å². The molecule has 0 amide bonds. The molecular formula is C18H26O4. The third kappa shape index (κ3) is 4.86. The van der Waals surface area contributed by atoms with E-state index in [1.165, 1.54) is 0 Å². The van der Waals surface area contributed by atoms with Crippen molar-refractivity contribution in [1.82, 2.24) is 0 Å². The van der Waals surface area contributed by atoms with Crippen LogP contribution in [0.25, 0.3) is 0 Å². The van der Waals surface area contributed by atoms with E-state index in [1.54, 1.807) is 0 Å². The molecule has 1 N–H and O–H groups in total. The van der Waals surface area contributed by atoms with Gasteiger partial charge in [-0.25, -0.2) is 0 Å². The Hall–Kier alpha value is -1.31. The highest BCUT2D eigenvalue weighted by molar-refractivity contribution is 5.66. The zero-order chi connectivity index (χ0) is 15.8. The molecule has 2 fully saturated rings. The van der Waals surface area contributed by atoms with Crippen molar-refractivity contribution in [3.63, 3.8) is 0 Å². The number of terminal acetylenes is 1. The minimum absolute atomic E-state index is 0.243. The first-order valence-electron chi connectivity index (χ1n) is 8.26. The third-order valence-corrected chi connectivity index (χ3v) is 4.63. The lowest BCUT2D eigenvalue weighted by Crippen LogP contribution is -2.30. The summed E-state index contributed by atoms with van der Waals surface area (Å²) in [7, 11) is 0. The molecule has 2 heterocycles. The molecule has 0 aromatic rings. The second-order valence-corrected chi connectivity index (χ2v) is 6.14. The van der Waals surface area contributed by atoms with Gasteiger partial charge in [0, 0.05) is 18.8 Å². The molecule has 2 bridgehead atoms. The number of hydrogen-bond donors (Lipinski definition) is 1. The fourth-order valence-electron chi connectivity index (χ4n) is 3.52. The summed E-state index contributed by atoms with van der Waals surface area (Å²) in [6, 6.07) is 0. The van der Waals surface area contributed by atoms with E-state index in [0.717, 1.165) is 32.3 Å². The Bertz CT molecular complexity index is 423. The van der Waals surface area contributed by atoms with Crippen LogP contribution in [0.5, 0.6) is 0 Å². The Balaban J connectivity index is 1.71. The maximum atomic E-state index is 10.5. The zero-order valence-corrected chi connectivity index (χ0v) is 13.1. The van der Waals surface area contributed by atoms with Gasteiger partial charge in [0.05, 0.1) is 25.4 Å². The molecule has 2 aliphatic rings. The Morgan fingerprint density at radius 3 is 2.82 bits per heavy atom. The van der Waals surface area contributed by atoms with Crippen molar-refractivity contribution in [3.8, 4) is 12.3 Å². The van der Waals surface area contributed by atoms with Crippen LogP contribution in [0.2, 0.25) is 0 Å². The number of aliphatic carboxylic acids is 1. The summed E-state index contributed by atoms with van der Waals surface area (Å²) in [5.41, 5.74) is 0. The zero-order valence-electron chi connectivity index (χ0n) is 13.1. The van der Waals surface area contributed by atoms with Gasteiger partial charge in [-0.15, -0.1) is 12.3 Å². The van der Waals surface area contributed by atoms with Crippen LogP contribution >= 0.6 is 0 Å². The van der Waals surface area contributed by atoms with Crippen LogP contribution in [0.1, 0.15) is 44.9 Å². The average Bonchev–Trinajstić information content (AvgIpc) is 3.08. The van der Waals surface area contributed by atoms with Crippen LogP contribution in [0.3, 0.4) is 0 Å². The fraction of sp³-hybridized carbons (Fsp3) is 0.722. The van der Waals surface area contributed by atoms with Crippen LogP contribution in [-0.4, -0.2) is 36.5 Å². The second-order valence-electron chi connectivity index (χ2n) is 6.14. The van der Waals surface area contributed by atoms with E-state index >= 15 is 0 Å². The molecule has 0 aromatic heterocycles. The number of unbranched alkanes of at least 4 members (excludes halogenated alkanes) is 1. The average molecular weight is 306 g/mol. The summed E-state index contributed by atoms with van der Waals surface area (Å²) in [6.07, 6.45) is 16.0. The van der Waals surface area contributed by atoms with E-state index in [2.05, 4.69) is 18.1 Å². The summed E-state index contributed by atoms with van der Waals surface area (Å²) in [4.78, 5) is 10.5.